The van der Waals surface area contributed by atoms with Gasteiger partial charge < -0.3 is 14.7 Å². The highest BCUT2D eigenvalue weighted by Gasteiger charge is 2.42. The van der Waals surface area contributed by atoms with Crippen molar-refractivity contribution >= 4 is 5.97 Å². The minimum Gasteiger partial charge on any atom is -0.481 e. The van der Waals surface area contributed by atoms with Crippen LogP contribution in [0.4, 0.5) is 0 Å². The van der Waals surface area contributed by atoms with Crippen LogP contribution in [0.3, 0.4) is 0 Å². The number of carbonyl (C=O) groups is 1. The van der Waals surface area contributed by atoms with Gasteiger partial charge in [-0.3, -0.25) is 4.79 Å². The smallest absolute Gasteiger partial charge is 0.309 e. The quantitative estimate of drug-likeness (QED) is 0.713. The second kappa shape index (κ2) is 3.51. The minimum absolute atomic E-state index is 0.134. The molecule has 0 saturated carbocycles. The van der Waals surface area contributed by atoms with Crippen LogP contribution in [0.5, 0.6) is 0 Å². The lowest BCUT2D eigenvalue weighted by atomic mass is 9.81. The summed E-state index contributed by atoms with van der Waals surface area (Å²) in [4.78, 5) is 12.8. The molecule has 0 aliphatic carbocycles. The van der Waals surface area contributed by atoms with Crippen molar-refractivity contribution in [2.24, 2.45) is 11.3 Å². The second-order valence-electron chi connectivity index (χ2n) is 4.58. The molecule has 0 spiro atoms. The van der Waals surface area contributed by atoms with Crippen LogP contribution in [-0.2, 0) is 9.53 Å². The predicted octanol–water partition coefficient (Wildman–Crippen LogP) is 0.429. The van der Waals surface area contributed by atoms with E-state index >= 15 is 0 Å². The number of carboxylic acid groups (broad SMARTS) is 1. The predicted molar refractivity (Wildman–Crippen MR) is 51.1 cm³/mol. The molecule has 0 aromatic heterocycles. The highest BCUT2D eigenvalue weighted by molar-refractivity contribution is 5.71. The van der Waals surface area contributed by atoms with Crippen molar-refractivity contribution < 1.29 is 14.6 Å². The molecule has 4 nitrogen and oxygen atoms in total. The van der Waals surface area contributed by atoms with E-state index < -0.39 is 5.97 Å². The molecule has 0 aromatic rings. The van der Waals surface area contributed by atoms with E-state index in [1.165, 1.54) is 0 Å². The first-order chi connectivity index (χ1) is 6.65. The standard InChI is InChI=1S/C10H17NO3/c1-2-10(6-14-7-10)5-11-3-8(4-11)9(12)13/h8H,2-7H2,1H3,(H,12,13). The van der Waals surface area contributed by atoms with E-state index in [-0.39, 0.29) is 5.92 Å². The van der Waals surface area contributed by atoms with Crippen LogP contribution in [0, 0.1) is 11.3 Å². The Balaban J connectivity index is 1.75. The van der Waals surface area contributed by atoms with Crippen LogP contribution in [0.2, 0.25) is 0 Å². The number of rotatable bonds is 4. The van der Waals surface area contributed by atoms with Gasteiger partial charge in [0, 0.05) is 25.0 Å². The van der Waals surface area contributed by atoms with Gasteiger partial charge >= 0.3 is 5.97 Å². The number of carboxylic acids is 1. The number of aliphatic carboxylic acids is 1. The lowest BCUT2D eigenvalue weighted by Gasteiger charge is -2.48. The number of likely N-dealkylation sites (tertiary alicyclic amines) is 1. The highest BCUT2D eigenvalue weighted by Crippen LogP contribution is 2.34. The van der Waals surface area contributed by atoms with Crippen LogP contribution >= 0.6 is 0 Å². The van der Waals surface area contributed by atoms with Crippen LogP contribution in [0.15, 0.2) is 0 Å². The summed E-state index contributed by atoms with van der Waals surface area (Å²) in [5.41, 5.74) is 0.323. The summed E-state index contributed by atoms with van der Waals surface area (Å²) < 4.78 is 5.23. The Labute approximate surface area is 83.8 Å². The van der Waals surface area contributed by atoms with Crippen molar-refractivity contribution in [1.82, 2.24) is 4.90 Å². The van der Waals surface area contributed by atoms with Gasteiger partial charge in [0.2, 0.25) is 0 Å². The molecule has 2 saturated heterocycles. The maximum absolute atomic E-state index is 10.6. The van der Waals surface area contributed by atoms with Gasteiger partial charge in [-0.2, -0.15) is 0 Å². The number of nitrogens with zero attached hydrogens (tertiary/aromatic N) is 1. The Kier molecular flexibility index (Phi) is 2.49. The van der Waals surface area contributed by atoms with E-state index in [1.54, 1.807) is 0 Å². The SMILES string of the molecule is CCC1(CN2CC(C(=O)O)C2)COC1. The highest BCUT2D eigenvalue weighted by atomic mass is 16.5. The molecule has 0 radical (unpaired) electrons. The van der Waals surface area contributed by atoms with Gasteiger partial charge in [0.1, 0.15) is 0 Å². The van der Waals surface area contributed by atoms with Crippen LogP contribution < -0.4 is 0 Å². The summed E-state index contributed by atoms with van der Waals surface area (Å²) in [6.45, 7) is 6.31. The van der Waals surface area contributed by atoms with Crippen molar-refractivity contribution in [3.8, 4) is 0 Å². The summed E-state index contributed by atoms with van der Waals surface area (Å²) in [6.07, 6.45) is 1.13. The Morgan fingerprint density at radius 3 is 2.57 bits per heavy atom. The van der Waals surface area contributed by atoms with Crippen molar-refractivity contribution in [3.05, 3.63) is 0 Å². The first-order valence-electron chi connectivity index (χ1n) is 5.18. The summed E-state index contributed by atoms with van der Waals surface area (Å²) in [6, 6.07) is 0. The molecule has 2 aliphatic rings. The lowest BCUT2D eigenvalue weighted by Crippen LogP contribution is -2.58. The maximum atomic E-state index is 10.6. The zero-order valence-electron chi connectivity index (χ0n) is 8.53. The Hall–Kier alpha value is -0.610. The first-order valence-corrected chi connectivity index (χ1v) is 5.18. The van der Waals surface area contributed by atoms with E-state index in [9.17, 15) is 4.79 Å². The molecular weight excluding hydrogens is 182 g/mol. The molecule has 0 aromatic carbocycles. The molecular formula is C10H17NO3. The number of hydrogen-bond donors (Lipinski definition) is 1. The third-order valence-corrected chi connectivity index (χ3v) is 3.43. The van der Waals surface area contributed by atoms with E-state index in [4.69, 9.17) is 9.84 Å². The topological polar surface area (TPSA) is 49.8 Å². The molecule has 1 N–H and O–H groups in total. The third-order valence-electron chi connectivity index (χ3n) is 3.43. The summed E-state index contributed by atoms with van der Waals surface area (Å²) in [5.74, 6) is -0.790. The molecule has 0 unspecified atom stereocenters. The van der Waals surface area contributed by atoms with E-state index in [1.807, 2.05) is 0 Å². The summed E-state index contributed by atoms with van der Waals surface area (Å²) >= 11 is 0. The molecule has 80 valence electrons. The monoisotopic (exact) mass is 199 g/mol. The lowest BCUT2D eigenvalue weighted by molar-refractivity contribution is -0.157. The summed E-state index contributed by atoms with van der Waals surface area (Å²) in [5, 5.41) is 8.73. The van der Waals surface area contributed by atoms with Gasteiger partial charge in [-0.15, -0.1) is 0 Å². The maximum Gasteiger partial charge on any atom is 0.309 e. The molecule has 0 amide bonds. The fraction of sp³-hybridized carbons (Fsp3) is 0.900. The number of ether oxygens (including phenoxy) is 1. The minimum atomic E-state index is -0.656. The molecule has 4 heteroatoms. The van der Waals surface area contributed by atoms with E-state index in [2.05, 4.69) is 11.8 Å². The van der Waals surface area contributed by atoms with Gasteiger partial charge in [-0.05, 0) is 6.42 Å². The van der Waals surface area contributed by atoms with Gasteiger partial charge in [-0.1, -0.05) is 6.92 Å². The molecule has 2 fully saturated rings. The van der Waals surface area contributed by atoms with E-state index in [0.29, 0.717) is 5.41 Å². The zero-order valence-corrected chi connectivity index (χ0v) is 8.53. The molecule has 14 heavy (non-hydrogen) atoms. The Bertz CT molecular complexity index is 226. The third kappa shape index (κ3) is 1.64. The first kappa shape index (κ1) is 9.93. The van der Waals surface area contributed by atoms with Crippen molar-refractivity contribution in [2.45, 2.75) is 13.3 Å². The van der Waals surface area contributed by atoms with Crippen LogP contribution in [0.25, 0.3) is 0 Å². The fourth-order valence-corrected chi connectivity index (χ4v) is 2.13. The molecule has 0 bridgehead atoms. The molecule has 2 rings (SSSR count). The van der Waals surface area contributed by atoms with Crippen LogP contribution in [-0.4, -0.2) is 48.8 Å². The largest absolute Gasteiger partial charge is 0.481 e. The second-order valence-corrected chi connectivity index (χ2v) is 4.58. The van der Waals surface area contributed by atoms with E-state index in [0.717, 1.165) is 39.3 Å². The number of hydrogen-bond acceptors (Lipinski definition) is 3. The average molecular weight is 199 g/mol. The van der Waals surface area contributed by atoms with Gasteiger partial charge in [-0.25, -0.2) is 0 Å². The molecule has 2 heterocycles. The van der Waals surface area contributed by atoms with Gasteiger partial charge in [0.15, 0.2) is 0 Å². The Morgan fingerprint density at radius 2 is 2.21 bits per heavy atom. The van der Waals surface area contributed by atoms with Gasteiger partial charge in [0.25, 0.3) is 0 Å². The zero-order chi connectivity index (χ0) is 10.2. The summed E-state index contributed by atoms with van der Waals surface area (Å²) in [7, 11) is 0. The average Bonchev–Trinajstić information content (AvgIpc) is 1.99. The van der Waals surface area contributed by atoms with Crippen molar-refractivity contribution in [1.29, 1.82) is 0 Å². The normalized spacial score (nSPS) is 26.6. The van der Waals surface area contributed by atoms with Gasteiger partial charge in [0.05, 0.1) is 19.1 Å². The fourth-order valence-electron chi connectivity index (χ4n) is 2.13. The van der Waals surface area contributed by atoms with Crippen LogP contribution in [0.1, 0.15) is 13.3 Å². The molecule has 2 aliphatic heterocycles. The Morgan fingerprint density at radius 1 is 1.57 bits per heavy atom. The van der Waals surface area contributed by atoms with Crippen molar-refractivity contribution in [3.63, 3.8) is 0 Å². The molecule has 0 atom stereocenters. The van der Waals surface area contributed by atoms with Crippen molar-refractivity contribution in [2.75, 3.05) is 32.8 Å².